The molecule has 0 fully saturated rings. The Kier molecular flexibility index (Phi) is 2.97. The Labute approximate surface area is 89.3 Å². The average Bonchev–Trinajstić information content (AvgIpc) is 2.26. The fraction of sp³-hybridized carbons (Fsp3) is 0.455. The zero-order chi connectivity index (χ0) is 10.7. The Morgan fingerprint density at radius 2 is 2.33 bits per heavy atom. The van der Waals surface area contributed by atoms with Gasteiger partial charge in [-0.25, -0.2) is 0 Å². The normalized spacial score (nSPS) is 14.6. The zero-order valence-corrected chi connectivity index (χ0v) is 8.65. The van der Waals surface area contributed by atoms with Crippen molar-refractivity contribution in [2.24, 2.45) is 0 Å². The molecule has 1 aromatic carbocycles. The summed E-state index contributed by atoms with van der Waals surface area (Å²) in [7, 11) is 0. The first-order valence-electron chi connectivity index (χ1n) is 5.20. The van der Waals surface area contributed by atoms with Gasteiger partial charge in [0.2, 0.25) is 0 Å². The van der Waals surface area contributed by atoms with Crippen LogP contribution in [-0.2, 0) is 0 Å². The van der Waals surface area contributed by atoms with Gasteiger partial charge in [-0.3, -0.25) is 0 Å². The minimum atomic E-state index is 0.208. The molecule has 0 unspecified atom stereocenters. The number of hydrogen-bond donors (Lipinski definition) is 2. The number of nitrogen functional groups attached to an aromatic ring is 1. The van der Waals surface area contributed by atoms with Crippen molar-refractivity contribution in [2.75, 3.05) is 36.9 Å². The van der Waals surface area contributed by atoms with E-state index >= 15 is 0 Å². The van der Waals surface area contributed by atoms with E-state index in [1.807, 2.05) is 18.2 Å². The third kappa shape index (κ3) is 1.99. The van der Waals surface area contributed by atoms with Crippen LogP contribution in [0.4, 0.5) is 11.4 Å². The maximum absolute atomic E-state index is 8.83. The lowest BCUT2D eigenvalue weighted by molar-refractivity contribution is 0.280. The highest BCUT2D eigenvalue weighted by atomic mass is 16.5. The predicted octanol–water partition coefficient (Wildman–Crippen LogP) is 0.850. The van der Waals surface area contributed by atoms with Crippen molar-refractivity contribution < 1.29 is 9.84 Å². The molecule has 0 bridgehead atoms. The molecule has 1 heterocycles. The van der Waals surface area contributed by atoms with Gasteiger partial charge in [0, 0.05) is 13.2 Å². The summed E-state index contributed by atoms with van der Waals surface area (Å²) < 4.78 is 5.53. The van der Waals surface area contributed by atoms with E-state index < -0.39 is 0 Å². The van der Waals surface area contributed by atoms with E-state index in [2.05, 4.69) is 4.90 Å². The van der Waals surface area contributed by atoms with Crippen molar-refractivity contribution in [1.29, 1.82) is 0 Å². The van der Waals surface area contributed by atoms with Gasteiger partial charge >= 0.3 is 0 Å². The van der Waals surface area contributed by atoms with Crippen LogP contribution in [0.3, 0.4) is 0 Å². The summed E-state index contributed by atoms with van der Waals surface area (Å²) in [6.07, 6.45) is 0.758. The molecule has 4 heteroatoms. The molecule has 1 aromatic rings. The number of benzene rings is 1. The Morgan fingerprint density at radius 1 is 1.47 bits per heavy atom. The first-order chi connectivity index (χ1) is 7.33. The lowest BCUT2D eigenvalue weighted by Crippen LogP contribution is -2.34. The van der Waals surface area contributed by atoms with Gasteiger partial charge in [0.25, 0.3) is 0 Å². The number of aliphatic hydroxyl groups is 1. The predicted molar refractivity (Wildman–Crippen MR) is 60.3 cm³/mol. The second-order valence-electron chi connectivity index (χ2n) is 3.61. The molecule has 0 aliphatic carbocycles. The van der Waals surface area contributed by atoms with Gasteiger partial charge in [-0.05, 0) is 18.6 Å². The third-order valence-electron chi connectivity index (χ3n) is 2.55. The Bertz CT molecular complexity index is 341. The van der Waals surface area contributed by atoms with E-state index in [1.54, 1.807) is 0 Å². The minimum absolute atomic E-state index is 0.208. The summed E-state index contributed by atoms with van der Waals surface area (Å²) in [5.74, 6) is 0.846. The molecule has 4 nitrogen and oxygen atoms in total. The van der Waals surface area contributed by atoms with Crippen LogP contribution in [0.25, 0.3) is 0 Å². The molecular formula is C11H16N2O2. The highest BCUT2D eigenvalue weighted by Crippen LogP contribution is 2.36. The number of nitrogens with zero attached hydrogens (tertiary/aromatic N) is 1. The fourth-order valence-corrected chi connectivity index (χ4v) is 1.86. The molecule has 3 N–H and O–H groups in total. The number of para-hydroxylation sites is 1. The summed E-state index contributed by atoms with van der Waals surface area (Å²) >= 11 is 0. The number of ether oxygens (including phenoxy) is 1. The SMILES string of the molecule is Nc1cccc2c1N(CCCO)CCO2. The maximum atomic E-state index is 8.83. The van der Waals surface area contributed by atoms with Crippen molar-refractivity contribution in [3.63, 3.8) is 0 Å². The fourth-order valence-electron chi connectivity index (χ4n) is 1.86. The lowest BCUT2D eigenvalue weighted by Gasteiger charge is -2.32. The van der Waals surface area contributed by atoms with Crippen LogP contribution in [0.1, 0.15) is 6.42 Å². The van der Waals surface area contributed by atoms with E-state index in [-0.39, 0.29) is 6.61 Å². The highest BCUT2D eigenvalue weighted by molar-refractivity contribution is 5.75. The molecule has 0 aromatic heterocycles. The van der Waals surface area contributed by atoms with E-state index in [1.165, 1.54) is 0 Å². The van der Waals surface area contributed by atoms with Crippen LogP contribution in [0, 0.1) is 0 Å². The van der Waals surface area contributed by atoms with E-state index in [9.17, 15) is 0 Å². The molecule has 82 valence electrons. The molecule has 1 aliphatic heterocycles. The molecule has 0 radical (unpaired) electrons. The van der Waals surface area contributed by atoms with E-state index in [0.29, 0.717) is 6.61 Å². The zero-order valence-electron chi connectivity index (χ0n) is 8.65. The number of fused-ring (bicyclic) bond motifs is 1. The van der Waals surface area contributed by atoms with Crippen LogP contribution in [-0.4, -0.2) is 31.4 Å². The second-order valence-corrected chi connectivity index (χ2v) is 3.61. The van der Waals surface area contributed by atoms with Crippen LogP contribution >= 0.6 is 0 Å². The van der Waals surface area contributed by atoms with Gasteiger partial charge in [0.15, 0.2) is 0 Å². The largest absolute Gasteiger partial charge is 0.489 e. The smallest absolute Gasteiger partial charge is 0.144 e. The first-order valence-corrected chi connectivity index (χ1v) is 5.20. The van der Waals surface area contributed by atoms with Crippen LogP contribution < -0.4 is 15.4 Å². The van der Waals surface area contributed by atoms with Crippen LogP contribution in [0.5, 0.6) is 5.75 Å². The molecule has 0 amide bonds. The van der Waals surface area contributed by atoms with Crippen molar-refractivity contribution >= 4 is 11.4 Å². The highest BCUT2D eigenvalue weighted by Gasteiger charge is 2.19. The van der Waals surface area contributed by atoms with Gasteiger partial charge in [-0.15, -0.1) is 0 Å². The molecule has 0 saturated carbocycles. The quantitative estimate of drug-likeness (QED) is 0.723. The molecule has 15 heavy (non-hydrogen) atoms. The van der Waals surface area contributed by atoms with Crippen molar-refractivity contribution in [3.8, 4) is 5.75 Å². The Hall–Kier alpha value is -1.42. The molecule has 0 saturated heterocycles. The van der Waals surface area contributed by atoms with Crippen molar-refractivity contribution in [3.05, 3.63) is 18.2 Å². The number of rotatable bonds is 3. The topological polar surface area (TPSA) is 58.7 Å². The van der Waals surface area contributed by atoms with Gasteiger partial charge in [-0.2, -0.15) is 0 Å². The summed E-state index contributed by atoms with van der Waals surface area (Å²) in [4.78, 5) is 2.17. The van der Waals surface area contributed by atoms with Gasteiger partial charge in [0.1, 0.15) is 18.0 Å². The standard InChI is InChI=1S/C11H16N2O2/c12-9-3-1-4-10-11(9)13(5-2-7-14)6-8-15-10/h1,3-4,14H,2,5-8,12H2. The van der Waals surface area contributed by atoms with Gasteiger partial charge in [-0.1, -0.05) is 6.07 Å². The minimum Gasteiger partial charge on any atom is -0.489 e. The third-order valence-corrected chi connectivity index (χ3v) is 2.55. The molecule has 0 atom stereocenters. The number of hydrogen-bond acceptors (Lipinski definition) is 4. The summed E-state index contributed by atoms with van der Waals surface area (Å²) in [5, 5.41) is 8.83. The van der Waals surface area contributed by atoms with E-state index in [4.69, 9.17) is 15.6 Å². The Balaban J connectivity index is 2.24. The summed E-state index contributed by atoms with van der Waals surface area (Å²) in [6.45, 7) is 2.55. The van der Waals surface area contributed by atoms with Crippen molar-refractivity contribution in [2.45, 2.75) is 6.42 Å². The summed E-state index contributed by atoms with van der Waals surface area (Å²) in [5.41, 5.74) is 7.63. The van der Waals surface area contributed by atoms with Gasteiger partial charge in [0.05, 0.1) is 12.2 Å². The van der Waals surface area contributed by atoms with E-state index in [0.717, 1.165) is 36.6 Å². The summed E-state index contributed by atoms with van der Waals surface area (Å²) in [6, 6.07) is 5.69. The average molecular weight is 208 g/mol. The first kappa shape index (κ1) is 10.1. The van der Waals surface area contributed by atoms with Crippen molar-refractivity contribution in [1.82, 2.24) is 0 Å². The Morgan fingerprint density at radius 3 is 3.13 bits per heavy atom. The monoisotopic (exact) mass is 208 g/mol. The number of aliphatic hydroxyl groups excluding tert-OH is 1. The molecule has 1 aliphatic rings. The lowest BCUT2D eigenvalue weighted by atomic mass is 10.2. The molecular weight excluding hydrogens is 192 g/mol. The molecule has 2 rings (SSSR count). The maximum Gasteiger partial charge on any atom is 0.144 e. The molecule has 0 spiro atoms. The number of anilines is 2. The van der Waals surface area contributed by atoms with Gasteiger partial charge < -0.3 is 20.5 Å². The van der Waals surface area contributed by atoms with Crippen LogP contribution in [0.2, 0.25) is 0 Å². The number of nitrogens with two attached hydrogens (primary N) is 1. The van der Waals surface area contributed by atoms with Crippen LogP contribution in [0.15, 0.2) is 18.2 Å². The second kappa shape index (κ2) is 4.40.